The molecule has 0 saturated heterocycles. The average molecular weight is 335 g/mol. The number of likely N-dealkylation sites (N-methyl/N-ethyl adjacent to an activating group) is 1. The smallest absolute Gasteiger partial charge is 0.191 e. The second-order valence-corrected chi connectivity index (χ2v) is 6.69. The molecule has 0 aliphatic heterocycles. The fraction of sp³-hybridized carbons (Fsp3) is 0.632. The lowest BCUT2D eigenvalue weighted by Crippen LogP contribution is -2.45. The van der Waals surface area contributed by atoms with Gasteiger partial charge in [0, 0.05) is 26.2 Å². The molecule has 5 nitrogen and oxygen atoms in total. The molecule has 0 aliphatic rings. The van der Waals surface area contributed by atoms with Crippen molar-refractivity contribution in [1.29, 1.82) is 0 Å². The second-order valence-electron chi connectivity index (χ2n) is 6.69. The first-order chi connectivity index (χ1) is 11.5. The first-order valence-corrected chi connectivity index (χ1v) is 8.70. The van der Waals surface area contributed by atoms with Gasteiger partial charge in [-0.3, -0.25) is 4.99 Å². The number of para-hydroxylation sites is 1. The number of hydrogen-bond donors (Lipinski definition) is 2. The van der Waals surface area contributed by atoms with E-state index in [1.54, 1.807) is 7.11 Å². The maximum Gasteiger partial charge on any atom is 0.191 e. The average Bonchev–Trinajstić information content (AvgIpc) is 2.56. The molecule has 0 saturated carbocycles. The lowest BCUT2D eigenvalue weighted by atomic mass is 10.0. The van der Waals surface area contributed by atoms with Crippen LogP contribution in [0, 0.1) is 5.92 Å². The van der Waals surface area contributed by atoms with E-state index in [1.165, 1.54) is 5.56 Å². The Kier molecular flexibility index (Phi) is 9.23. The molecule has 1 unspecified atom stereocenters. The summed E-state index contributed by atoms with van der Waals surface area (Å²) in [6, 6.07) is 8.63. The zero-order valence-electron chi connectivity index (χ0n) is 16.1. The van der Waals surface area contributed by atoms with Gasteiger partial charge in [0.1, 0.15) is 5.75 Å². The van der Waals surface area contributed by atoms with Crippen molar-refractivity contribution in [3.8, 4) is 5.75 Å². The number of ether oxygens (including phenoxy) is 1. The van der Waals surface area contributed by atoms with Crippen molar-refractivity contribution in [2.45, 2.75) is 32.7 Å². The molecule has 0 heterocycles. The molecule has 1 rings (SSSR count). The van der Waals surface area contributed by atoms with Crippen LogP contribution >= 0.6 is 0 Å². The summed E-state index contributed by atoms with van der Waals surface area (Å²) >= 11 is 0. The van der Waals surface area contributed by atoms with Crippen molar-refractivity contribution >= 4 is 5.96 Å². The van der Waals surface area contributed by atoms with E-state index in [0.29, 0.717) is 12.0 Å². The number of guanidine groups is 1. The summed E-state index contributed by atoms with van der Waals surface area (Å²) in [5.74, 6) is 2.46. The van der Waals surface area contributed by atoms with Gasteiger partial charge < -0.3 is 20.3 Å². The van der Waals surface area contributed by atoms with E-state index in [-0.39, 0.29) is 0 Å². The molecule has 2 N–H and O–H groups in total. The van der Waals surface area contributed by atoms with Crippen LogP contribution < -0.4 is 15.4 Å². The van der Waals surface area contributed by atoms with Crippen molar-refractivity contribution in [3.63, 3.8) is 0 Å². The van der Waals surface area contributed by atoms with Crippen LogP contribution in [-0.2, 0) is 6.42 Å². The van der Waals surface area contributed by atoms with Gasteiger partial charge in [0.25, 0.3) is 0 Å². The minimum absolute atomic E-state index is 0.498. The molecule has 1 aromatic rings. The van der Waals surface area contributed by atoms with Crippen molar-refractivity contribution in [1.82, 2.24) is 15.5 Å². The number of nitrogens with one attached hydrogen (secondary N) is 2. The zero-order valence-corrected chi connectivity index (χ0v) is 16.1. The SMILES string of the molecule is CN=C(NCCc1ccccc1OC)NCC(CC(C)C)N(C)C. The van der Waals surface area contributed by atoms with Gasteiger partial charge >= 0.3 is 0 Å². The van der Waals surface area contributed by atoms with Gasteiger partial charge in [0.15, 0.2) is 5.96 Å². The van der Waals surface area contributed by atoms with Crippen molar-refractivity contribution in [2.24, 2.45) is 10.9 Å². The molecule has 0 radical (unpaired) electrons. The minimum atomic E-state index is 0.498. The van der Waals surface area contributed by atoms with Crippen LogP contribution in [0.1, 0.15) is 25.8 Å². The van der Waals surface area contributed by atoms with E-state index in [1.807, 2.05) is 25.2 Å². The van der Waals surface area contributed by atoms with Crippen molar-refractivity contribution in [2.75, 3.05) is 41.3 Å². The standard InChI is InChI=1S/C19H34N4O/c1-15(2)13-17(23(4)5)14-22-19(20-3)21-12-11-16-9-7-8-10-18(16)24-6/h7-10,15,17H,11-14H2,1-6H3,(H2,20,21,22). The Morgan fingerprint density at radius 1 is 1.21 bits per heavy atom. The molecular formula is C19H34N4O. The fourth-order valence-electron chi connectivity index (χ4n) is 2.68. The Morgan fingerprint density at radius 2 is 1.92 bits per heavy atom. The third-order valence-corrected chi connectivity index (χ3v) is 4.08. The van der Waals surface area contributed by atoms with E-state index in [0.717, 1.165) is 37.6 Å². The number of rotatable bonds is 9. The topological polar surface area (TPSA) is 48.9 Å². The van der Waals surface area contributed by atoms with E-state index in [4.69, 9.17) is 4.74 Å². The van der Waals surface area contributed by atoms with Gasteiger partial charge in [-0.2, -0.15) is 0 Å². The Labute approximate surface area is 147 Å². The van der Waals surface area contributed by atoms with Gasteiger partial charge in [-0.05, 0) is 44.5 Å². The van der Waals surface area contributed by atoms with Crippen LogP contribution in [0.15, 0.2) is 29.3 Å². The minimum Gasteiger partial charge on any atom is -0.496 e. The third-order valence-electron chi connectivity index (χ3n) is 4.08. The summed E-state index contributed by atoms with van der Waals surface area (Å²) in [5.41, 5.74) is 1.20. The molecular weight excluding hydrogens is 300 g/mol. The molecule has 0 spiro atoms. The highest BCUT2D eigenvalue weighted by Gasteiger charge is 2.13. The number of aliphatic imine (C=N–C) groups is 1. The number of nitrogens with zero attached hydrogens (tertiary/aromatic N) is 2. The Bertz CT molecular complexity index is 500. The summed E-state index contributed by atoms with van der Waals surface area (Å²) < 4.78 is 5.39. The van der Waals surface area contributed by atoms with Gasteiger partial charge in [-0.25, -0.2) is 0 Å². The molecule has 0 aliphatic carbocycles. The largest absolute Gasteiger partial charge is 0.496 e. The lowest BCUT2D eigenvalue weighted by Gasteiger charge is -2.27. The van der Waals surface area contributed by atoms with E-state index < -0.39 is 0 Å². The number of benzene rings is 1. The Balaban J connectivity index is 2.45. The summed E-state index contributed by atoms with van der Waals surface area (Å²) in [5, 5.41) is 6.82. The van der Waals surface area contributed by atoms with Crippen LogP contribution in [0.4, 0.5) is 0 Å². The molecule has 0 fully saturated rings. The van der Waals surface area contributed by atoms with Gasteiger partial charge in [0.05, 0.1) is 7.11 Å². The zero-order chi connectivity index (χ0) is 17.9. The molecule has 0 bridgehead atoms. The summed E-state index contributed by atoms with van der Waals surface area (Å²) in [6.45, 7) is 6.23. The van der Waals surface area contributed by atoms with Crippen molar-refractivity contribution < 1.29 is 4.74 Å². The second kappa shape index (κ2) is 10.9. The van der Waals surface area contributed by atoms with Crippen molar-refractivity contribution in [3.05, 3.63) is 29.8 Å². The predicted molar refractivity (Wildman–Crippen MR) is 103 cm³/mol. The molecule has 0 amide bonds. The highest BCUT2D eigenvalue weighted by atomic mass is 16.5. The van der Waals surface area contributed by atoms with E-state index in [9.17, 15) is 0 Å². The van der Waals surface area contributed by atoms with Crippen LogP contribution in [0.5, 0.6) is 5.75 Å². The van der Waals surface area contributed by atoms with Gasteiger partial charge in [-0.1, -0.05) is 32.0 Å². The first-order valence-electron chi connectivity index (χ1n) is 8.70. The van der Waals surface area contributed by atoms with Gasteiger partial charge in [-0.15, -0.1) is 0 Å². The molecule has 136 valence electrons. The maximum absolute atomic E-state index is 5.39. The third kappa shape index (κ3) is 7.21. The highest BCUT2D eigenvalue weighted by molar-refractivity contribution is 5.79. The van der Waals surface area contributed by atoms with E-state index in [2.05, 4.69) is 54.5 Å². The molecule has 1 atom stereocenters. The van der Waals surface area contributed by atoms with Crippen LogP contribution in [0.25, 0.3) is 0 Å². The predicted octanol–water partition coefficient (Wildman–Crippen LogP) is 2.38. The van der Waals surface area contributed by atoms with E-state index >= 15 is 0 Å². The van der Waals surface area contributed by atoms with Crippen LogP contribution in [0.2, 0.25) is 0 Å². The Morgan fingerprint density at radius 3 is 2.50 bits per heavy atom. The normalized spacial score (nSPS) is 13.2. The molecule has 1 aromatic carbocycles. The number of hydrogen-bond acceptors (Lipinski definition) is 3. The monoisotopic (exact) mass is 334 g/mol. The maximum atomic E-state index is 5.39. The first kappa shape index (κ1) is 20.3. The molecule has 5 heteroatoms. The number of methoxy groups -OCH3 is 1. The lowest BCUT2D eigenvalue weighted by molar-refractivity contribution is 0.254. The Hall–Kier alpha value is -1.75. The molecule has 0 aromatic heterocycles. The highest BCUT2D eigenvalue weighted by Crippen LogP contribution is 2.17. The quantitative estimate of drug-likeness (QED) is 0.538. The van der Waals surface area contributed by atoms with Crippen LogP contribution in [-0.4, -0.2) is 58.2 Å². The summed E-state index contributed by atoms with van der Waals surface area (Å²) in [6.07, 6.45) is 2.06. The summed E-state index contributed by atoms with van der Waals surface area (Å²) in [4.78, 5) is 6.59. The summed E-state index contributed by atoms with van der Waals surface area (Å²) in [7, 11) is 7.79. The van der Waals surface area contributed by atoms with Crippen LogP contribution in [0.3, 0.4) is 0 Å². The van der Waals surface area contributed by atoms with Gasteiger partial charge in [0.2, 0.25) is 0 Å². The fourth-order valence-corrected chi connectivity index (χ4v) is 2.68. The molecule has 24 heavy (non-hydrogen) atoms.